The lowest BCUT2D eigenvalue weighted by Crippen LogP contribution is -2.14. The number of nitrogens with zero attached hydrogens (tertiary/aromatic N) is 1. The van der Waals surface area contributed by atoms with E-state index in [1.807, 2.05) is 49.7 Å². The van der Waals surface area contributed by atoms with Gasteiger partial charge in [0, 0.05) is 24.0 Å². The topological polar surface area (TPSA) is 31.2 Å². The zero-order valence-corrected chi connectivity index (χ0v) is 14.4. The van der Waals surface area contributed by atoms with Crippen LogP contribution in [0.15, 0.2) is 30.3 Å². The van der Waals surface area contributed by atoms with Gasteiger partial charge in [-0.2, -0.15) is 0 Å². The highest BCUT2D eigenvalue weighted by Crippen LogP contribution is 2.25. The van der Waals surface area contributed by atoms with E-state index in [-0.39, 0.29) is 17.8 Å². The zero-order chi connectivity index (χ0) is 16.5. The third-order valence-corrected chi connectivity index (χ3v) is 4.15. The largest absolute Gasteiger partial charge is 0.485 e. The Morgan fingerprint density at radius 3 is 2.41 bits per heavy atom. The van der Waals surface area contributed by atoms with Gasteiger partial charge in [0.25, 0.3) is 0 Å². The van der Waals surface area contributed by atoms with Gasteiger partial charge in [0.15, 0.2) is 6.61 Å². The molecule has 1 aromatic carbocycles. The molecule has 2 aromatic rings. The molecule has 3 nitrogen and oxygen atoms in total. The summed E-state index contributed by atoms with van der Waals surface area (Å²) in [6.07, 6.45) is 0. The molecule has 0 spiro atoms. The number of ketones is 1. The fourth-order valence-corrected chi connectivity index (χ4v) is 2.42. The molecule has 0 atom stereocenters. The highest BCUT2D eigenvalue weighted by atomic mass is 16.5. The maximum Gasteiger partial charge on any atom is 0.202 e. The Kier molecular flexibility index (Phi) is 4.45. The second kappa shape index (κ2) is 5.99. The van der Waals surface area contributed by atoms with Gasteiger partial charge in [-0.05, 0) is 43.0 Å². The second-order valence-corrected chi connectivity index (χ2v) is 6.83. The maximum atomic E-state index is 12.3. The van der Waals surface area contributed by atoms with E-state index in [2.05, 4.69) is 26.8 Å². The lowest BCUT2D eigenvalue weighted by Gasteiger charge is -2.19. The van der Waals surface area contributed by atoms with Crippen LogP contribution < -0.4 is 4.74 Å². The normalized spacial score (nSPS) is 11.5. The van der Waals surface area contributed by atoms with E-state index in [0.717, 1.165) is 22.7 Å². The van der Waals surface area contributed by atoms with Crippen LogP contribution in [0.3, 0.4) is 0 Å². The molecule has 0 radical (unpaired) electrons. The van der Waals surface area contributed by atoms with E-state index in [4.69, 9.17) is 4.74 Å². The number of carbonyl (C=O) groups is 1. The molecule has 0 bridgehead atoms. The van der Waals surface area contributed by atoms with Gasteiger partial charge in [0.05, 0.1) is 0 Å². The third kappa shape index (κ3) is 3.41. The van der Waals surface area contributed by atoms with E-state index < -0.39 is 0 Å². The van der Waals surface area contributed by atoms with Crippen molar-refractivity contribution in [2.45, 2.75) is 40.0 Å². The van der Waals surface area contributed by atoms with E-state index in [1.54, 1.807) is 0 Å². The van der Waals surface area contributed by atoms with Crippen LogP contribution in [0.4, 0.5) is 0 Å². The molecule has 0 amide bonds. The first kappa shape index (κ1) is 16.3. The molecule has 1 heterocycles. The Morgan fingerprint density at radius 2 is 1.86 bits per heavy atom. The van der Waals surface area contributed by atoms with Crippen molar-refractivity contribution >= 4 is 5.78 Å². The van der Waals surface area contributed by atoms with Crippen LogP contribution in [0.25, 0.3) is 0 Å². The van der Waals surface area contributed by atoms with Crippen molar-refractivity contribution in [2.24, 2.45) is 7.05 Å². The Balaban J connectivity index is 2.10. The molecule has 0 saturated carbocycles. The van der Waals surface area contributed by atoms with Crippen molar-refractivity contribution in [3.8, 4) is 5.75 Å². The van der Waals surface area contributed by atoms with Gasteiger partial charge >= 0.3 is 0 Å². The highest BCUT2D eigenvalue weighted by molar-refractivity contribution is 5.98. The predicted octanol–water partition coefficient (Wildman–Crippen LogP) is 4.20. The van der Waals surface area contributed by atoms with Crippen molar-refractivity contribution in [1.29, 1.82) is 0 Å². The average Bonchev–Trinajstić information content (AvgIpc) is 2.72. The maximum absolute atomic E-state index is 12.3. The summed E-state index contributed by atoms with van der Waals surface area (Å²) in [5, 5.41) is 0. The molecule has 3 heteroatoms. The van der Waals surface area contributed by atoms with E-state index in [9.17, 15) is 4.79 Å². The minimum atomic E-state index is 0.0161. The first-order valence-corrected chi connectivity index (χ1v) is 7.59. The standard InChI is InChI=1S/C19H25NO2/c1-13-10-17(14(2)20(13)6)18(21)12-22-16-9-7-8-15(11-16)19(3,4)5/h7-11H,12H2,1-6H3. The molecule has 0 N–H and O–H groups in total. The van der Waals surface area contributed by atoms with Gasteiger partial charge in [-0.15, -0.1) is 0 Å². The third-order valence-electron chi connectivity index (χ3n) is 4.15. The first-order valence-electron chi connectivity index (χ1n) is 7.59. The molecule has 0 aliphatic rings. The van der Waals surface area contributed by atoms with Crippen LogP contribution in [0.1, 0.15) is 48.1 Å². The van der Waals surface area contributed by atoms with E-state index >= 15 is 0 Å². The van der Waals surface area contributed by atoms with Crippen molar-refractivity contribution in [3.05, 3.63) is 52.8 Å². The summed E-state index contributed by atoms with van der Waals surface area (Å²) in [6.45, 7) is 10.5. The van der Waals surface area contributed by atoms with Gasteiger partial charge in [-0.3, -0.25) is 4.79 Å². The second-order valence-electron chi connectivity index (χ2n) is 6.83. The number of benzene rings is 1. The molecule has 22 heavy (non-hydrogen) atoms. The lowest BCUT2D eigenvalue weighted by molar-refractivity contribution is 0.0920. The molecule has 0 saturated heterocycles. The Hall–Kier alpha value is -2.03. The number of aromatic nitrogens is 1. The molecule has 0 fully saturated rings. The van der Waals surface area contributed by atoms with Crippen LogP contribution in [-0.2, 0) is 12.5 Å². The van der Waals surface area contributed by atoms with Gasteiger partial charge < -0.3 is 9.30 Å². The fourth-order valence-electron chi connectivity index (χ4n) is 2.42. The van der Waals surface area contributed by atoms with Gasteiger partial charge in [0.2, 0.25) is 5.78 Å². The minimum absolute atomic E-state index is 0.0161. The summed E-state index contributed by atoms with van der Waals surface area (Å²) in [5.41, 5.74) is 4.07. The van der Waals surface area contributed by atoms with Crippen molar-refractivity contribution < 1.29 is 9.53 Å². The summed E-state index contributed by atoms with van der Waals surface area (Å²) < 4.78 is 7.72. The number of aryl methyl sites for hydroxylation is 1. The van der Waals surface area contributed by atoms with Gasteiger partial charge in [-0.1, -0.05) is 32.9 Å². The molecule has 2 rings (SSSR count). The summed E-state index contributed by atoms with van der Waals surface area (Å²) >= 11 is 0. The Bertz CT molecular complexity index is 690. The van der Waals surface area contributed by atoms with Crippen molar-refractivity contribution in [3.63, 3.8) is 0 Å². The number of rotatable bonds is 4. The van der Waals surface area contributed by atoms with Gasteiger partial charge in [0.1, 0.15) is 5.75 Å². The number of hydrogen-bond acceptors (Lipinski definition) is 2. The predicted molar refractivity (Wildman–Crippen MR) is 89.9 cm³/mol. The van der Waals surface area contributed by atoms with E-state index in [0.29, 0.717) is 0 Å². The molecule has 0 unspecified atom stereocenters. The van der Waals surface area contributed by atoms with E-state index in [1.165, 1.54) is 5.56 Å². The summed E-state index contributed by atoms with van der Waals surface area (Å²) in [4.78, 5) is 12.3. The lowest BCUT2D eigenvalue weighted by atomic mass is 9.87. The summed E-state index contributed by atoms with van der Waals surface area (Å²) in [5.74, 6) is 0.758. The number of Topliss-reactive ketones (excluding diaryl/α,β-unsaturated/α-hetero) is 1. The molecule has 1 aromatic heterocycles. The molecule has 0 aliphatic carbocycles. The van der Waals surface area contributed by atoms with Gasteiger partial charge in [-0.25, -0.2) is 0 Å². The average molecular weight is 299 g/mol. The van der Waals surface area contributed by atoms with Crippen LogP contribution in [0.5, 0.6) is 5.75 Å². The zero-order valence-electron chi connectivity index (χ0n) is 14.4. The first-order chi connectivity index (χ1) is 10.2. The molecule has 118 valence electrons. The van der Waals surface area contributed by atoms with Crippen LogP contribution in [-0.4, -0.2) is 17.0 Å². The Morgan fingerprint density at radius 1 is 1.18 bits per heavy atom. The monoisotopic (exact) mass is 299 g/mol. The Labute approximate surface area is 132 Å². The molecule has 0 aliphatic heterocycles. The van der Waals surface area contributed by atoms with Crippen LogP contribution in [0.2, 0.25) is 0 Å². The molecular weight excluding hydrogens is 274 g/mol. The smallest absolute Gasteiger partial charge is 0.202 e. The summed E-state index contributed by atoms with van der Waals surface area (Å²) in [6, 6.07) is 9.88. The minimum Gasteiger partial charge on any atom is -0.485 e. The number of hydrogen-bond donors (Lipinski definition) is 0. The fraction of sp³-hybridized carbons (Fsp3) is 0.421. The number of ether oxygens (including phenoxy) is 1. The van der Waals surface area contributed by atoms with Crippen LogP contribution >= 0.6 is 0 Å². The molecular formula is C19H25NO2. The summed E-state index contributed by atoms with van der Waals surface area (Å²) in [7, 11) is 1.97. The van der Waals surface area contributed by atoms with Crippen molar-refractivity contribution in [2.75, 3.05) is 6.61 Å². The number of carbonyl (C=O) groups excluding carboxylic acids is 1. The van der Waals surface area contributed by atoms with Crippen LogP contribution in [0, 0.1) is 13.8 Å². The quantitative estimate of drug-likeness (QED) is 0.792. The highest BCUT2D eigenvalue weighted by Gasteiger charge is 2.16. The van der Waals surface area contributed by atoms with Crippen molar-refractivity contribution in [1.82, 2.24) is 4.57 Å². The SMILES string of the molecule is Cc1cc(C(=O)COc2cccc(C(C)(C)C)c2)c(C)n1C.